The largest absolute Gasteiger partial charge is 0.379 e. The van der Waals surface area contributed by atoms with Gasteiger partial charge in [0.05, 0.1) is 26.4 Å². The molecule has 0 atom stereocenters. The summed E-state index contributed by atoms with van der Waals surface area (Å²) >= 11 is 0. The van der Waals surface area contributed by atoms with Gasteiger partial charge in [0.1, 0.15) is 0 Å². The summed E-state index contributed by atoms with van der Waals surface area (Å²) in [4.78, 5) is 11.2. The van der Waals surface area contributed by atoms with Crippen LogP contribution in [0.4, 0.5) is 0 Å². The third-order valence-electron chi connectivity index (χ3n) is 2.29. The van der Waals surface area contributed by atoms with Crippen molar-refractivity contribution in [3.63, 3.8) is 0 Å². The Hall–Kier alpha value is -0.730. The van der Waals surface area contributed by atoms with E-state index in [0.29, 0.717) is 45.9 Å². The van der Waals surface area contributed by atoms with Crippen LogP contribution in [0.2, 0.25) is 0 Å². The van der Waals surface area contributed by atoms with E-state index in [1.807, 2.05) is 7.05 Å². The van der Waals surface area contributed by atoms with Gasteiger partial charge in [-0.05, 0) is 7.05 Å². The van der Waals surface area contributed by atoms with Crippen molar-refractivity contribution < 1.29 is 14.3 Å². The molecule has 0 unspecified atom stereocenters. The molecule has 1 amide bonds. The molecule has 5 N–H and O–H groups in total. The molecular formula is C12H28N4O3. The Morgan fingerprint density at radius 1 is 1.00 bits per heavy atom. The number of carbonyl (C=O) groups excluding carboxylic acids is 1. The molecule has 0 aliphatic carbocycles. The van der Waals surface area contributed by atoms with Gasteiger partial charge in [0.2, 0.25) is 5.91 Å². The molecule has 0 aromatic rings. The maximum atomic E-state index is 11.2. The maximum absolute atomic E-state index is 11.2. The summed E-state index contributed by atoms with van der Waals surface area (Å²) in [6, 6.07) is 0. The van der Waals surface area contributed by atoms with Crippen LogP contribution in [-0.2, 0) is 14.3 Å². The summed E-state index contributed by atoms with van der Waals surface area (Å²) in [5.74, 6) is -0.0277. The van der Waals surface area contributed by atoms with Crippen LogP contribution < -0.4 is 21.7 Å². The zero-order valence-corrected chi connectivity index (χ0v) is 11.9. The van der Waals surface area contributed by atoms with Crippen molar-refractivity contribution in [2.45, 2.75) is 6.42 Å². The molecule has 0 radical (unpaired) electrons. The molecule has 0 aromatic heterocycles. The highest BCUT2D eigenvalue weighted by Crippen LogP contribution is 1.84. The number of amides is 1. The van der Waals surface area contributed by atoms with Gasteiger partial charge in [0, 0.05) is 39.1 Å². The third kappa shape index (κ3) is 15.2. The zero-order valence-electron chi connectivity index (χ0n) is 11.9. The molecular weight excluding hydrogens is 248 g/mol. The number of hydrogen-bond acceptors (Lipinski definition) is 6. The number of carbonyl (C=O) groups is 1. The minimum absolute atomic E-state index is 0.0277. The van der Waals surface area contributed by atoms with Crippen LogP contribution in [0.5, 0.6) is 0 Å². The van der Waals surface area contributed by atoms with Gasteiger partial charge in [-0.25, -0.2) is 0 Å². The van der Waals surface area contributed by atoms with E-state index in [2.05, 4.69) is 16.0 Å². The maximum Gasteiger partial charge on any atom is 0.222 e. The van der Waals surface area contributed by atoms with Crippen LogP contribution in [0.3, 0.4) is 0 Å². The van der Waals surface area contributed by atoms with Gasteiger partial charge in [-0.3, -0.25) is 4.79 Å². The number of hydrogen-bond donors (Lipinski definition) is 4. The fraction of sp³-hybridized carbons (Fsp3) is 0.917. The molecule has 0 rings (SSSR count). The van der Waals surface area contributed by atoms with Crippen molar-refractivity contribution in [3.8, 4) is 0 Å². The second kappa shape index (κ2) is 15.3. The van der Waals surface area contributed by atoms with Crippen LogP contribution in [0.1, 0.15) is 6.42 Å². The van der Waals surface area contributed by atoms with Gasteiger partial charge < -0.3 is 31.2 Å². The zero-order chi connectivity index (χ0) is 14.2. The summed E-state index contributed by atoms with van der Waals surface area (Å²) < 4.78 is 10.6. The molecule has 0 saturated carbocycles. The van der Waals surface area contributed by atoms with Gasteiger partial charge >= 0.3 is 0 Å². The van der Waals surface area contributed by atoms with Gasteiger partial charge in [-0.1, -0.05) is 0 Å². The lowest BCUT2D eigenvalue weighted by molar-refractivity contribution is -0.122. The molecule has 0 fully saturated rings. The van der Waals surface area contributed by atoms with E-state index < -0.39 is 0 Å². The van der Waals surface area contributed by atoms with Gasteiger partial charge in [0.25, 0.3) is 0 Å². The van der Waals surface area contributed by atoms with E-state index in [9.17, 15) is 4.79 Å². The highest BCUT2D eigenvalue weighted by atomic mass is 16.5. The standard InChI is InChI=1S/C12H28N4O3/c1-14-5-6-15-7-9-19-11-10-18-8-2-12(17)16-4-3-13/h14-15H,2-11,13H2,1H3,(H,16,17). The second-order valence-electron chi connectivity index (χ2n) is 3.97. The molecule has 7 nitrogen and oxygen atoms in total. The lowest BCUT2D eigenvalue weighted by Gasteiger charge is -2.07. The number of nitrogens with two attached hydrogens (primary N) is 1. The fourth-order valence-corrected chi connectivity index (χ4v) is 1.27. The van der Waals surface area contributed by atoms with E-state index in [0.717, 1.165) is 19.6 Å². The summed E-state index contributed by atoms with van der Waals surface area (Å²) in [5.41, 5.74) is 5.27. The highest BCUT2D eigenvalue weighted by molar-refractivity contribution is 5.75. The average Bonchev–Trinajstić information content (AvgIpc) is 2.42. The van der Waals surface area contributed by atoms with E-state index in [1.54, 1.807) is 0 Å². The highest BCUT2D eigenvalue weighted by Gasteiger charge is 1.99. The van der Waals surface area contributed by atoms with Crippen LogP contribution in [0.25, 0.3) is 0 Å². The Morgan fingerprint density at radius 3 is 2.42 bits per heavy atom. The van der Waals surface area contributed by atoms with Crippen molar-refractivity contribution >= 4 is 5.91 Å². The molecule has 0 aromatic carbocycles. The Labute approximate surface area is 115 Å². The average molecular weight is 276 g/mol. The molecule has 114 valence electrons. The number of ether oxygens (including phenoxy) is 2. The molecule has 0 bridgehead atoms. The van der Waals surface area contributed by atoms with E-state index in [4.69, 9.17) is 15.2 Å². The minimum atomic E-state index is -0.0277. The second-order valence-corrected chi connectivity index (χ2v) is 3.97. The van der Waals surface area contributed by atoms with Crippen molar-refractivity contribution in [1.29, 1.82) is 0 Å². The quantitative estimate of drug-likeness (QED) is 0.282. The van der Waals surface area contributed by atoms with Crippen LogP contribution >= 0.6 is 0 Å². The predicted octanol–water partition coefficient (Wildman–Crippen LogP) is -1.71. The minimum Gasteiger partial charge on any atom is -0.379 e. The SMILES string of the molecule is CNCCNCCOCCOCCC(=O)NCCN. The third-order valence-corrected chi connectivity index (χ3v) is 2.29. The number of likely N-dealkylation sites (N-methyl/N-ethyl adjacent to an activating group) is 1. The first-order valence-corrected chi connectivity index (χ1v) is 6.78. The molecule has 0 aliphatic heterocycles. The molecule has 7 heteroatoms. The summed E-state index contributed by atoms with van der Waals surface area (Å²) in [6.07, 6.45) is 0.367. The van der Waals surface area contributed by atoms with Gasteiger partial charge in [0.15, 0.2) is 0 Å². The molecule has 0 heterocycles. The molecule has 0 saturated heterocycles. The van der Waals surface area contributed by atoms with Crippen LogP contribution in [0.15, 0.2) is 0 Å². The first-order valence-electron chi connectivity index (χ1n) is 6.78. The van der Waals surface area contributed by atoms with E-state index in [-0.39, 0.29) is 5.91 Å². The summed E-state index contributed by atoms with van der Waals surface area (Å²) in [6.45, 7) is 5.86. The molecule has 0 spiro atoms. The van der Waals surface area contributed by atoms with Crippen molar-refractivity contribution in [1.82, 2.24) is 16.0 Å². The fourth-order valence-electron chi connectivity index (χ4n) is 1.27. The number of nitrogens with one attached hydrogen (secondary N) is 3. The first kappa shape index (κ1) is 18.3. The van der Waals surface area contributed by atoms with E-state index in [1.165, 1.54) is 0 Å². The summed E-state index contributed by atoms with van der Waals surface area (Å²) in [5, 5.41) is 8.96. The topological polar surface area (TPSA) is 97.6 Å². The van der Waals surface area contributed by atoms with E-state index >= 15 is 0 Å². The predicted molar refractivity (Wildman–Crippen MR) is 75.1 cm³/mol. The van der Waals surface area contributed by atoms with Crippen molar-refractivity contribution in [2.24, 2.45) is 5.73 Å². The van der Waals surface area contributed by atoms with Crippen molar-refractivity contribution in [2.75, 3.05) is 66.2 Å². The van der Waals surface area contributed by atoms with Crippen LogP contribution in [-0.4, -0.2) is 72.1 Å². The Bertz CT molecular complexity index is 205. The first-order chi connectivity index (χ1) is 9.31. The lowest BCUT2D eigenvalue weighted by Crippen LogP contribution is -2.29. The van der Waals surface area contributed by atoms with Gasteiger partial charge in [-0.2, -0.15) is 0 Å². The molecule has 19 heavy (non-hydrogen) atoms. The van der Waals surface area contributed by atoms with Crippen molar-refractivity contribution in [3.05, 3.63) is 0 Å². The Morgan fingerprint density at radius 2 is 1.74 bits per heavy atom. The van der Waals surface area contributed by atoms with Crippen LogP contribution in [0, 0.1) is 0 Å². The monoisotopic (exact) mass is 276 g/mol. The summed E-state index contributed by atoms with van der Waals surface area (Å²) in [7, 11) is 1.92. The van der Waals surface area contributed by atoms with Gasteiger partial charge in [-0.15, -0.1) is 0 Å². The smallest absolute Gasteiger partial charge is 0.222 e. The Balaban J connectivity index is 3.04. The number of rotatable bonds is 14. The molecule has 0 aliphatic rings. The normalized spacial score (nSPS) is 10.6. The Kier molecular flexibility index (Phi) is 14.7. The lowest BCUT2D eigenvalue weighted by atomic mass is 10.4.